The Morgan fingerprint density at radius 2 is 2.33 bits per heavy atom. The van der Waals surface area contributed by atoms with Gasteiger partial charge in [-0.3, -0.25) is 9.69 Å². The van der Waals surface area contributed by atoms with Crippen molar-refractivity contribution in [2.24, 2.45) is 0 Å². The third-order valence-electron chi connectivity index (χ3n) is 2.36. The largest absolute Gasteiger partial charge is 0.379 e. The highest BCUT2D eigenvalue weighted by molar-refractivity contribution is 7.13. The van der Waals surface area contributed by atoms with Crippen molar-refractivity contribution in [3.63, 3.8) is 0 Å². The van der Waals surface area contributed by atoms with Crippen molar-refractivity contribution in [3.8, 4) is 0 Å². The van der Waals surface area contributed by atoms with E-state index >= 15 is 0 Å². The van der Waals surface area contributed by atoms with Crippen LogP contribution in [0, 0.1) is 0 Å². The molecule has 0 radical (unpaired) electrons. The highest BCUT2D eigenvalue weighted by Crippen LogP contribution is 2.15. The van der Waals surface area contributed by atoms with Gasteiger partial charge >= 0.3 is 0 Å². The van der Waals surface area contributed by atoms with Gasteiger partial charge < -0.3 is 4.74 Å². The summed E-state index contributed by atoms with van der Waals surface area (Å²) in [7, 11) is 0. The van der Waals surface area contributed by atoms with Crippen molar-refractivity contribution in [2.45, 2.75) is 13.5 Å². The molecular weight excluding hydrogens is 212 g/mol. The molecule has 1 aromatic heterocycles. The minimum atomic E-state index is 0.0979. The first-order chi connectivity index (χ1) is 7.25. The van der Waals surface area contributed by atoms with E-state index in [0.29, 0.717) is 0 Å². The number of carbonyl (C=O) groups is 1. The van der Waals surface area contributed by atoms with Crippen molar-refractivity contribution < 1.29 is 9.53 Å². The fourth-order valence-electron chi connectivity index (χ4n) is 1.50. The summed E-state index contributed by atoms with van der Waals surface area (Å²) >= 11 is 1.49. The number of carbonyl (C=O) groups excluding carboxylic acids is 1. The van der Waals surface area contributed by atoms with Gasteiger partial charge in [0.1, 0.15) is 5.01 Å². The lowest BCUT2D eigenvalue weighted by molar-refractivity contribution is 0.0341. The summed E-state index contributed by atoms with van der Waals surface area (Å²) in [6.07, 6.45) is 1.67. The standard InChI is InChI=1S/C10H14N2O2S/c1-8(13)9-6-11-10(15-9)7-12-2-4-14-5-3-12/h6H,2-5,7H2,1H3. The fourth-order valence-corrected chi connectivity index (χ4v) is 2.35. The third kappa shape index (κ3) is 2.84. The quantitative estimate of drug-likeness (QED) is 0.726. The molecule has 2 rings (SSSR count). The molecule has 82 valence electrons. The number of Topliss-reactive ketones (excluding diaryl/α,β-unsaturated/α-hetero) is 1. The summed E-state index contributed by atoms with van der Waals surface area (Å²) < 4.78 is 5.27. The first-order valence-corrected chi connectivity index (χ1v) is 5.83. The van der Waals surface area contributed by atoms with E-state index in [-0.39, 0.29) is 5.78 Å². The number of rotatable bonds is 3. The molecule has 0 aromatic carbocycles. The summed E-state index contributed by atoms with van der Waals surface area (Å²) in [6, 6.07) is 0. The highest BCUT2D eigenvalue weighted by atomic mass is 32.1. The number of thiazole rings is 1. The first kappa shape index (κ1) is 10.7. The topological polar surface area (TPSA) is 42.4 Å². The molecule has 0 atom stereocenters. The van der Waals surface area contributed by atoms with Crippen LogP contribution in [0.15, 0.2) is 6.20 Å². The van der Waals surface area contributed by atoms with E-state index in [1.54, 1.807) is 13.1 Å². The lowest BCUT2D eigenvalue weighted by Gasteiger charge is -2.25. The molecule has 0 bridgehead atoms. The Morgan fingerprint density at radius 3 is 2.93 bits per heavy atom. The van der Waals surface area contributed by atoms with Crippen LogP contribution in [0.2, 0.25) is 0 Å². The van der Waals surface area contributed by atoms with Crippen LogP contribution < -0.4 is 0 Å². The van der Waals surface area contributed by atoms with Gasteiger partial charge in [0.2, 0.25) is 0 Å². The summed E-state index contributed by atoms with van der Waals surface area (Å²) in [5.41, 5.74) is 0. The molecule has 0 spiro atoms. The molecule has 15 heavy (non-hydrogen) atoms. The van der Waals surface area contributed by atoms with Crippen molar-refractivity contribution >= 4 is 17.1 Å². The maximum absolute atomic E-state index is 11.1. The normalized spacial score (nSPS) is 17.9. The van der Waals surface area contributed by atoms with Crippen LogP contribution in [0.3, 0.4) is 0 Å². The minimum Gasteiger partial charge on any atom is -0.379 e. The number of ether oxygens (including phenoxy) is 1. The van der Waals surface area contributed by atoms with Crippen LogP contribution in [0.1, 0.15) is 21.6 Å². The van der Waals surface area contributed by atoms with Gasteiger partial charge in [0.05, 0.1) is 24.6 Å². The van der Waals surface area contributed by atoms with Crippen LogP contribution in [0.4, 0.5) is 0 Å². The summed E-state index contributed by atoms with van der Waals surface area (Å²) in [5.74, 6) is 0.0979. The Balaban J connectivity index is 1.94. The van der Waals surface area contributed by atoms with Gasteiger partial charge in [0.15, 0.2) is 5.78 Å². The SMILES string of the molecule is CC(=O)c1cnc(CN2CCOCC2)s1. The molecule has 1 fully saturated rings. The predicted molar refractivity (Wildman–Crippen MR) is 58.2 cm³/mol. The highest BCUT2D eigenvalue weighted by Gasteiger charge is 2.13. The second kappa shape index (κ2) is 4.83. The van der Waals surface area contributed by atoms with Crippen LogP contribution in [0.25, 0.3) is 0 Å². The lowest BCUT2D eigenvalue weighted by Crippen LogP contribution is -2.35. The second-order valence-corrected chi connectivity index (χ2v) is 4.68. The molecule has 0 aliphatic carbocycles. The number of ketones is 1. The molecule has 0 saturated carbocycles. The van der Waals surface area contributed by atoms with E-state index in [9.17, 15) is 4.79 Å². The molecule has 1 aliphatic heterocycles. The molecule has 1 saturated heterocycles. The Kier molecular flexibility index (Phi) is 3.45. The van der Waals surface area contributed by atoms with E-state index < -0.39 is 0 Å². The zero-order valence-electron chi connectivity index (χ0n) is 8.73. The minimum absolute atomic E-state index is 0.0979. The van der Waals surface area contributed by atoms with Gasteiger partial charge in [0, 0.05) is 26.2 Å². The second-order valence-electron chi connectivity index (χ2n) is 3.56. The molecule has 0 amide bonds. The van der Waals surface area contributed by atoms with Gasteiger partial charge in [0.25, 0.3) is 0 Å². The molecule has 1 aliphatic rings. The Hall–Kier alpha value is -0.780. The van der Waals surface area contributed by atoms with Crippen molar-refractivity contribution in [1.82, 2.24) is 9.88 Å². The van der Waals surface area contributed by atoms with Gasteiger partial charge in [-0.2, -0.15) is 0 Å². The maximum atomic E-state index is 11.1. The Labute approximate surface area is 92.9 Å². The molecule has 0 N–H and O–H groups in total. The summed E-state index contributed by atoms with van der Waals surface area (Å²) in [6.45, 7) is 5.91. The number of hydrogen-bond donors (Lipinski definition) is 0. The molecule has 1 aromatic rings. The zero-order chi connectivity index (χ0) is 10.7. The number of morpholine rings is 1. The Morgan fingerprint density at radius 1 is 1.60 bits per heavy atom. The zero-order valence-corrected chi connectivity index (χ0v) is 9.55. The van der Waals surface area contributed by atoms with Crippen LogP contribution in [0.5, 0.6) is 0 Å². The summed E-state index contributed by atoms with van der Waals surface area (Å²) in [4.78, 5) is 18.4. The predicted octanol–water partition coefficient (Wildman–Crippen LogP) is 1.18. The van der Waals surface area contributed by atoms with Gasteiger partial charge in [-0.15, -0.1) is 11.3 Å². The van der Waals surface area contributed by atoms with Crippen LogP contribution >= 0.6 is 11.3 Å². The Bertz CT molecular complexity index is 345. The number of nitrogens with zero attached hydrogens (tertiary/aromatic N) is 2. The maximum Gasteiger partial charge on any atom is 0.171 e. The molecular formula is C10H14N2O2S. The van der Waals surface area contributed by atoms with E-state index in [1.807, 2.05) is 0 Å². The summed E-state index contributed by atoms with van der Waals surface area (Å²) in [5, 5.41) is 1.02. The van der Waals surface area contributed by atoms with Gasteiger partial charge in [-0.1, -0.05) is 0 Å². The third-order valence-corrected chi connectivity index (χ3v) is 3.45. The monoisotopic (exact) mass is 226 g/mol. The average molecular weight is 226 g/mol. The van der Waals surface area contributed by atoms with E-state index in [0.717, 1.165) is 42.7 Å². The van der Waals surface area contributed by atoms with E-state index in [1.165, 1.54) is 11.3 Å². The number of aromatic nitrogens is 1. The lowest BCUT2D eigenvalue weighted by atomic mass is 10.4. The van der Waals surface area contributed by atoms with Crippen molar-refractivity contribution in [2.75, 3.05) is 26.3 Å². The smallest absolute Gasteiger partial charge is 0.171 e. The molecule has 5 heteroatoms. The van der Waals surface area contributed by atoms with Crippen LogP contribution in [-0.4, -0.2) is 42.0 Å². The van der Waals surface area contributed by atoms with Gasteiger partial charge in [-0.25, -0.2) is 4.98 Å². The number of hydrogen-bond acceptors (Lipinski definition) is 5. The van der Waals surface area contributed by atoms with E-state index in [4.69, 9.17) is 4.74 Å². The average Bonchev–Trinajstić information content (AvgIpc) is 2.68. The van der Waals surface area contributed by atoms with E-state index in [2.05, 4.69) is 9.88 Å². The molecule has 4 nitrogen and oxygen atoms in total. The molecule has 0 unspecified atom stereocenters. The fraction of sp³-hybridized carbons (Fsp3) is 0.600. The molecule has 2 heterocycles. The van der Waals surface area contributed by atoms with Crippen LogP contribution in [-0.2, 0) is 11.3 Å². The van der Waals surface area contributed by atoms with Crippen molar-refractivity contribution in [1.29, 1.82) is 0 Å². The van der Waals surface area contributed by atoms with Crippen molar-refractivity contribution in [3.05, 3.63) is 16.1 Å². The van der Waals surface area contributed by atoms with Gasteiger partial charge in [-0.05, 0) is 0 Å². The first-order valence-electron chi connectivity index (χ1n) is 5.01.